The first kappa shape index (κ1) is 19.1. The Morgan fingerprint density at radius 1 is 1.14 bits per heavy atom. The van der Waals surface area contributed by atoms with Crippen molar-refractivity contribution in [2.24, 2.45) is 4.99 Å². The lowest BCUT2D eigenvalue weighted by Gasteiger charge is -2.21. The van der Waals surface area contributed by atoms with Crippen LogP contribution in [0.3, 0.4) is 0 Å². The summed E-state index contributed by atoms with van der Waals surface area (Å²) < 4.78 is 27.1. The van der Waals surface area contributed by atoms with Crippen LogP contribution in [0.4, 0.5) is 13.6 Å². The maximum atomic E-state index is 13.8. The van der Waals surface area contributed by atoms with Gasteiger partial charge in [0.2, 0.25) is 0 Å². The normalized spacial score (nSPS) is 26.1. The minimum Gasteiger partial charge on any atom is -0.320 e. The van der Waals surface area contributed by atoms with E-state index < -0.39 is 11.6 Å². The lowest BCUT2D eigenvalue weighted by Crippen LogP contribution is -2.39. The second kappa shape index (κ2) is 8.04. The van der Waals surface area contributed by atoms with E-state index >= 15 is 0 Å². The van der Waals surface area contributed by atoms with Crippen LogP contribution in [0, 0.1) is 23.5 Å². The van der Waals surface area contributed by atoms with Crippen molar-refractivity contribution in [2.45, 2.75) is 38.3 Å². The molecule has 1 saturated carbocycles. The summed E-state index contributed by atoms with van der Waals surface area (Å²) in [6, 6.07) is 3.53. The molecule has 3 aliphatic rings. The third-order valence-electron chi connectivity index (χ3n) is 5.45. The van der Waals surface area contributed by atoms with Gasteiger partial charge < -0.3 is 4.90 Å². The summed E-state index contributed by atoms with van der Waals surface area (Å²) in [7, 11) is 0. The highest BCUT2D eigenvalue weighted by molar-refractivity contribution is 6.06. The molecule has 2 heterocycles. The molecular weight excluding hydrogens is 372 g/mol. The van der Waals surface area contributed by atoms with E-state index in [-0.39, 0.29) is 23.7 Å². The first-order valence-corrected chi connectivity index (χ1v) is 9.78. The summed E-state index contributed by atoms with van der Waals surface area (Å²) in [4.78, 5) is 21.1. The van der Waals surface area contributed by atoms with Gasteiger partial charge in [-0.15, -0.1) is 0 Å². The van der Waals surface area contributed by atoms with Crippen molar-refractivity contribution in [1.82, 2.24) is 9.80 Å². The average molecular weight is 393 g/mol. The fourth-order valence-electron chi connectivity index (χ4n) is 4.12. The third-order valence-corrected chi connectivity index (χ3v) is 5.45. The molecule has 29 heavy (non-hydrogen) atoms. The van der Waals surface area contributed by atoms with Crippen LogP contribution < -0.4 is 0 Å². The standard InChI is InChI=1S/C23H21F2N3O/c1-2-27-20-7-5-8-21(20)28(23(27)29)22-9-4-3-6-16(15-26-22)10-11-17-14-18(24)12-13-19(17)25/h3-4,6,9,12-15,20-21H,2,5,7-8H2,1H3/b4-3?,6-3+,9-4?,16-6?,16-15+,22-9?,26-15?,26-22?/t20-,21+/m0/s1. The van der Waals surface area contributed by atoms with E-state index in [1.807, 2.05) is 24.0 Å². The van der Waals surface area contributed by atoms with Crippen molar-refractivity contribution in [2.75, 3.05) is 6.54 Å². The summed E-state index contributed by atoms with van der Waals surface area (Å²) in [5, 5.41) is 0. The molecule has 4 rings (SSSR count). The molecule has 2 amide bonds. The summed E-state index contributed by atoms with van der Waals surface area (Å²) in [5.41, 5.74) is 0.528. The van der Waals surface area contributed by atoms with E-state index in [4.69, 9.17) is 0 Å². The summed E-state index contributed by atoms with van der Waals surface area (Å²) in [6.45, 7) is 2.67. The van der Waals surface area contributed by atoms with Crippen molar-refractivity contribution < 1.29 is 13.6 Å². The highest BCUT2D eigenvalue weighted by atomic mass is 19.1. The SMILES string of the molecule is CCN1C(=O)N(C2=N/C=C(C#Cc3cc(F)ccc3F)\C=C\C=C2)[C@@H]2CCC[C@@H]21. The number of nitrogens with zero attached hydrogens (tertiary/aromatic N) is 3. The fourth-order valence-corrected chi connectivity index (χ4v) is 4.12. The highest BCUT2D eigenvalue weighted by Crippen LogP contribution is 2.35. The number of hydrogen-bond donors (Lipinski definition) is 0. The van der Waals surface area contributed by atoms with Gasteiger partial charge in [-0.25, -0.2) is 18.6 Å². The number of urea groups is 1. The van der Waals surface area contributed by atoms with Gasteiger partial charge in [0.25, 0.3) is 0 Å². The Morgan fingerprint density at radius 2 is 1.93 bits per heavy atom. The number of carbonyl (C=O) groups excluding carboxylic acids is 1. The Kier molecular flexibility index (Phi) is 5.30. The molecule has 4 nitrogen and oxygen atoms in total. The van der Waals surface area contributed by atoms with Crippen LogP contribution in [0.15, 0.2) is 59.3 Å². The second-order valence-corrected chi connectivity index (χ2v) is 7.17. The number of benzene rings is 1. The molecule has 0 radical (unpaired) electrons. The Balaban J connectivity index is 1.63. The maximum Gasteiger partial charge on any atom is 0.326 e. The molecule has 0 aromatic heterocycles. The van der Waals surface area contributed by atoms with Gasteiger partial charge >= 0.3 is 6.03 Å². The number of likely N-dealkylation sites (N-methyl/N-ethyl adjacent to an activating group) is 1. The molecule has 1 aliphatic carbocycles. The van der Waals surface area contributed by atoms with Gasteiger partial charge in [-0.05, 0) is 56.5 Å². The minimum absolute atomic E-state index is 0.0109. The summed E-state index contributed by atoms with van der Waals surface area (Å²) >= 11 is 0. The smallest absolute Gasteiger partial charge is 0.320 e. The zero-order valence-corrected chi connectivity index (χ0v) is 16.1. The van der Waals surface area contributed by atoms with Crippen molar-refractivity contribution in [1.29, 1.82) is 0 Å². The molecule has 148 valence electrons. The molecule has 0 bridgehead atoms. The van der Waals surface area contributed by atoms with Crippen molar-refractivity contribution >= 4 is 11.9 Å². The number of aliphatic imine (C=N–C) groups is 1. The molecule has 0 N–H and O–H groups in total. The van der Waals surface area contributed by atoms with Gasteiger partial charge in [0.15, 0.2) is 0 Å². The topological polar surface area (TPSA) is 35.9 Å². The monoisotopic (exact) mass is 393 g/mol. The van der Waals surface area contributed by atoms with Crippen LogP contribution in [0.2, 0.25) is 0 Å². The molecule has 0 unspecified atom stereocenters. The van der Waals surface area contributed by atoms with Gasteiger partial charge in [0.1, 0.15) is 17.5 Å². The van der Waals surface area contributed by atoms with Crippen LogP contribution in [-0.2, 0) is 0 Å². The molecule has 2 fully saturated rings. The van der Waals surface area contributed by atoms with Gasteiger partial charge in [0, 0.05) is 18.3 Å². The molecule has 1 aromatic carbocycles. The lowest BCUT2D eigenvalue weighted by molar-refractivity contribution is 0.197. The number of allylic oxidation sites excluding steroid dienone is 4. The first-order chi connectivity index (χ1) is 14.1. The zero-order chi connectivity index (χ0) is 20.4. The van der Waals surface area contributed by atoms with Crippen LogP contribution in [0.25, 0.3) is 0 Å². The Labute approximate surface area is 168 Å². The number of amidine groups is 1. The van der Waals surface area contributed by atoms with Gasteiger partial charge in [-0.2, -0.15) is 0 Å². The summed E-state index contributed by atoms with van der Waals surface area (Å²) in [5.74, 6) is 4.93. The largest absolute Gasteiger partial charge is 0.326 e. The number of amides is 2. The van der Waals surface area contributed by atoms with Crippen LogP contribution >= 0.6 is 0 Å². The highest BCUT2D eigenvalue weighted by Gasteiger charge is 2.48. The molecule has 0 spiro atoms. The second-order valence-electron chi connectivity index (χ2n) is 7.17. The number of fused-ring (bicyclic) bond motifs is 1. The molecule has 2 atom stereocenters. The predicted octanol–water partition coefficient (Wildman–Crippen LogP) is 4.40. The van der Waals surface area contributed by atoms with Crippen molar-refractivity contribution in [3.63, 3.8) is 0 Å². The van der Waals surface area contributed by atoms with Gasteiger partial charge in [-0.3, -0.25) is 4.90 Å². The van der Waals surface area contributed by atoms with Crippen molar-refractivity contribution in [3.8, 4) is 11.8 Å². The predicted molar refractivity (Wildman–Crippen MR) is 108 cm³/mol. The van der Waals surface area contributed by atoms with Crippen LogP contribution in [-0.4, -0.2) is 40.3 Å². The fraction of sp³-hybridized carbons (Fsp3) is 0.304. The van der Waals surface area contributed by atoms with Gasteiger partial charge in [0.05, 0.1) is 17.6 Å². The summed E-state index contributed by atoms with van der Waals surface area (Å²) in [6.07, 6.45) is 11.8. The van der Waals surface area contributed by atoms with E-state index in [1.54, 1.807) is 23.3 Å². The maximum absolute atomic E-state index is 13.8. The van der Waals surface area contributed by atoms with E-state index in [0.29, 0.717) is 18.0 Å². The molecular formula is C23H21F2N3O. The first-order valence-electron chi connectivity index (χ1n) is 9.78. The lowest BCUT2D eigenvalue weighted by atomic mass is 10.1. The Bertz CT molecular complexity index is 1010. The van der Waals surface area contributed by atoms with Crippen LogP contribution in [0.5, 0.6) is 0 Å². The van der Waals surface area contributed by atoms with E-state index in [9.17, 15) is 13.6 Å². The quantitative estimate of drug-likeness (QED) is 0.652. The molecule has 1 aromatic rings. The van der Waals surface area contributed by atoms with E-state index in [1.165, 1.54) is 0 Å². The molecule has 6 heteroatoms. The zero-order valence-electron chi connectivity index (χ0n) is 16.1. The third kappa shape index (κ3) is 3.73. The molecule has 1 saturated heterocycles. The minimum atomic E-state index is -0.576. The van der Waals surface area contributed by atoms with E-state index in [0.717, 1.165) is 37.5 Å². The number of halogens is 2. The van der Waals surface area contributed by atoms with Crippen LogP contribution in [0.1, 0.15) is 31.7 Å². The number of carbonyl (C=O) groups is 1. The van der Waals surface area contributed by atoms with Crippen molar-refractivity contribution in [3.05, 3.63) is 71.5 Å². The molecule has 2 aliphatic heterocycles. The van der Waals surface area contributed by atoms with Gasteiger partial charge in [-0.1, -0.05) is 24.0 Å². The Morgan fingerprint density at radius 3 is 2.76 bits per heavy atom. The Hall–Kier alpha value is -3.20. The van der Waals surface area contributed by atoms with E-state index in [2.05, 4.69) is 16.8 Å². The average Bonchev–Trinajstić information content (AvgIpc) is 3.24. The number of hydrogen-bond acceptors (Lipinski definition) is 2. The number of rotatable bonds is 1.